The van der Waals surface area contributed by atoms with Crippen LogP contribution in [0.2, 0.25) is 0 Å². The van der Waals surface area contributed by atoms with Gasteiger partial charge in [0.25, 0.3) is 5.91 Å². The molecule has 0 aliphatic carbocycles. The monoisotopic (exact) mass is 362 g/mol. The topological polar surface area (TPSA) is 51.2 Å². The van der Waals surface area contributed by atoms with E-state index in [0.717, 1.165) is 14.7 Å². The first-order valence-corrected chi connectivity index (χ1v) is 7.86. The number of nitrogens with one attached hydrogen (secondary N) is 1. The van der Waals surface area contributed by atoms with Crippen LogP contribution < -0.4 is 10.1 Å². The fourth-order valence-corrected chi connectivity index (χ4v) is 3.28. The average molecular weight is 363 g/mol. The van der Waals surface area contributed by atoms with Crippen molar-refractivity contribution in [2.75, 3.05) is 11.9 Å². The highest BCUT2D eigenvalue weighted by atomic mass is 79.9. The molecule has 0 spiro atoms. The van der Waals surface area contributed by atoms with Crippen molar-refractivity contribution >= 4 is 48.5 Å². The Balaban J connectivity index is 1.65. The zero-order chi connectivity index (χ0) is 14.7. The molecule has 1 N–H and O–H groups in total. The summed E-state index contributed by atoms with van der Waals surface area (Å²) in [6, 6.07) is 15.1. The third-order valence-corrected chi connectivity index (χ3v) is 4.31. The standard InChI is InChI=1S/C15H11BrN2O2S/c16-11-7-4-8-12-14(11)18-15(21-12)17-13(19)9-20-10-5-2-1-3-6-10/h1-8H,9H2,(H,17,18,19). The lowest BCUT2D eigenvalue weighted by atomic mass is 10.3. The van der Waals surface area contributed by atoms with Crippen molar-refractivity contribution in [3.8, 4) is 5.75 Å². The summed E-state index contributed by atoms with van der Waals surface area (Å²) < 4.78 is 7.32. The number of rotatable bonds is 4. The SMILES string of the molecule is O=C(COc1ccccc1)Nc1nc2c(Br)cccc2s1. The van der Waals surface area contributed by atoms with Crippen LogP contribution in [0.25, 0.3) is 10.2 Å². The number of halogens is 1. The summed E-state index contributed by atoms with van der Waals surface area (Å²) in [7, 11) is 0. The Bertz CT molecular complexity index is 774. The van der Waals surface area contributed by atoms with Gasteiger partial charge in [-0.2, -0.15) is 0 Å². The van der Waals surface area contributed by atoms with Gasteiger partial charge in [0.1, 0.15) is 5.75 Å². The van der Waals surface area contributed by atoms with Crippen LogP contribution in [0.1, 0.15) is 0 Å². The third-order valence-electron chi connectivity index (χ3n) is 2.73. The molecule has 1 heterocycles. The Morgan fingerprint density at radius 2 is 2.00 bits per heavy atom. The van der Waals surface area contributed by atoms with E-state index in [9.17, 15) is 4.79 Å². The Labute approximate surface area is 133 Å². The van der Waals surface area contributed by atoms with Gasteiger partial charge in [-0.15, -0.1) is 0 Å². The van der Waals surface area contributed by atoms with Crippen LogP contribution >= 0.6 is 27.3 Å². The molecular formula is C15H11BrN2O2S. The predicted molar refractivity (Wildman–Crippen MR) is 87.9 cm³/mol. The van der Waals surface area contributed by atoms with Gasteiger partial charge in [-0.3, -0.25) is 10.1 Å². The lowest BCUT2D eigenvalue weighted by molar-refractivity contribution is -0.118. The maximum Gasteiger partial charge on any atom is 0.264 e. The van der Waals surface area contributed by atoms with Crippen molar-refractivity contribution in [3.05, 3.63) is 53.0 Å². The molecule has 0 saturated heterocycles. The fraction of sp³-hybridized carbons (Fsp3) is 0.0667. The zero-order valence-corrected chi connectivity index (χ0v) is 13.3. The molecule has 0 aliphatic heterocycles. The van der Waals surface area contributed by atoms with E-state index >= 15 is 0 Å². The maximum atomic E-state index is 11.9. The second-order valence-corrected chi connectivity index (χ2v) is 6.14. The van der Waals surface area contributed by atoms with Crippen LogP contribution in [0.15, 0.2) is 53.0 Å². The number of anilines is 1. The smallest absolute Gasteiger partial charge is 0.264 e. The quantitative estimate of drug-likeness (QED) is 0.760. The van der Waals surface area contributed by atoms with Gasteiger partial charge in [0, 0.05) is 4.47 Å². The van der Waals surface area contributed by atoms with Gasteiger partial charge < -0.3 is 4.74 Å². The molecule has 1 amide bonds. The molecule has 0 radical (unpaired) electrons. The van der Waals surface area contributed by atoms with Crippen molar-refractivity contribution in [2.24, 2.45) is 0 Å². The Hall–Kier alpha value is -1.92. The molecule has 6 heteroatoms. The van der Waals surface area contributed by atoms with E-state index < -0.39 is 0 Å². The minimum absolute atomic E-state index is 0.0406. The maximum absolute atomic E-state index is 11.9. The van der Waals surface area contributed by atoms with E-state index in [1.165, 1.54) is 11.3 Å². The van der Waals surface area contributed by atoms with Crippen LogP contribution in [0.4, 0.5) is 5.13 Å². The zero-order valence-electron chi connectivity index (χ0n) is 10.9. The summed E-state index contributed by atoms with van der Waals surface area (Å²) in [6.07, 6.45) is 0. The number of aromatic nitrogens is 1. The molecule has 2 aromatic carbocycles. The third kappa shape index (κ3) is 3.40. The number of carbonyl (C=O) groups is 1. The molecule has 3 rings (SSSR count). The largest absolute Gasteiger partial charge is 0.484 e. The molecule has 0 atom stereocenters. The van der Waals surface area contributed by atoms with E-state index in [1.807, 2.05) is 48.5 Å². The van der Waals surface area contributed by atoms with E-state index in [2.05, 4.69) is 26.2 Å². The number of carbonyl (C=O) groups excluding carboxylic acids is 1. The van der Waals surface area contributed by atoms with Gasteiger partial charge in [-0.25, -0.2) is 4.98 Å². The summed E-state index contributed by atoms with van der Waals surface area (Å²) in [4.78, 5) is 16.3. The van der Waals surface area contributed by atoms with E-state index in [1.54, 1.807) is 0 Å². The summed E-state index contributed by atoms with van der Waals surface area (Å²) in [5, 5.41) is 3.32. The van der Waals surface area contributed by atoms with Gasteiger partial charge in [0.05, 0.1) is 10.2 Å². The van der Waals surface area contributed by atoms with Gasteiger partial charge in [-0.1, -0.05) is 35.6 Å². The van der Waals surface area contributed by atoms with Crippen molar-refractivity contribution in [1.82, 2.24) is 4.98 Å². The minimum Gasteiger partial charge on any atom is -0.484 e. The summed E-state index contributed by atoms with van der Waals surface area (Å²) in [5.74, 6) is 0.439. The van der Waals surface area contributed by atoms with Gasteiger partial charge in [-0.05, 0) is 40.2 Å². The van der Waals surface area contributed by atoms with Gasteiger partial charge >= 0.3 is 0 Å². The Morgan fingerprint density at radius 3 is 2.76 bits per heavy atom. The van der Waals surface area contributed by atoms with Crippen molar-refractivity contribution in [1.29, 1.82) is 0 Å². The lowest BCUT2D eigenvalue weighted by Gasteiger charge is -2.04. The lowest BCUT2D eigenvalue weighted by Crippen LogP contribution is -2.19. The van der Waals surface area contributed by atoms with Crippen LogP contribution in [-0.4, -0.2) is 17.5 Å². The number of nitrogens with zero attached hydrogens (tertiary/aromatic N) is 1. The molecule has 106 valence electrons. The highest BCUT2D eigenvalue weighted by Crippen LogP contribution is 2.30. The van der Waals surface area contributed by atoms with E-state index in [0.29, 0.717) is 10.9 Å². The van der Waals surface area contributed by atoms with Crippen LogP contribution in [0.3, 0.4) is 0 Å². The highest BCUT2D eigenvalue weighted by molar-refractivity contribution is 9.10. The summed E-state index contributed by atoms with van der Waals surface area (Å²) in [5.41, 5.74) is 0.849. The Kier molecular flexibility index (Phi) is 4.17. The number of benzene rings is 2. The molecule has 0 fully saturated rings. The first kappa shape index (κ1) is 14.0. The molecule has 0 aliphatic rings. The van der Waals surface area contributed by atoms with Crippen LogP contribution in [-0.2, 0) is 4.79 Å². The predicted octanol–water partition coefficient (Wildman–Crippen LogP) is 4.08. The number of para-hydroxylation sites is 2. The van der Waals surface area contributed by atoms with Gasteiger partial charge in [0.15, 0.2) is 11.7 Å². The molecule has 0 bridgehead atoms. The molecule has 4 nitrogen and oxygen atoms in total. The highest BCUT2D eigenvalue weighted by Gasteiger charge is 2.10. The number of fused-ring (bicyclic) bond motifs is 1. The average Bonchev–Trinajstić information content (AvgIpc) is 2.90. The number of hydrogen-bond acceptors (Lipinski definition) is 4. The normalized spacial score (nSPS) is 10.5. The van der Waals surface area contributed by atoms with Crippen molar-refractivity contribution in [3.63, 3.8) is 0 Å². The van der Waals surface area contributed by atoms with Gasteiger partial charge in [0.2, 0.25) is 0 Å². The molecule has 1 aromatic heterocycles. The Morgan fingerprint density at radius 1 is 1.19 bits per heavy atom. The second-order valence-electron chi connectivity index (χ2n) is 4.26. The minimum atomic E-state index is -0.228. The number of amides is 1. The number of hydrogen-bond donors (Lipinski definition) is 1. The number of thiazole rings is 1. The van der Waals surface area contributed by atoms with Crippen LogP contribution in [0.5, 0.6) is 5.75 Å². The summed E-state index contributed by atoms with van der Waals surface area (Å²) in [6.45, 7) is -0.0406. The summed E-state index contributed by atoms with van der Waals surface area (Å²) >= 11 is 4.88. The first-order valence-electron chi connectivity index (χ1n) is 6.25. The van der Waals surface area contributed by atoms with Crippen LogP contribution in [0, 0.1) is 0 Å². The van der Waals surface area contributed by atoms with Crippen molar-refractivity contribution in [2.45, 2.75) is 0 Å². The van der Waals surface area contributed by atoms with E-state index in [-0.39, 0.29) is 12.5 Å². The molecule has 21 heavy (non-hydrogen) atoms. The molecular weight excluding hydrogens is 352 g/mol. The fourth-order valence-electron chi connectivity index (χ4n) is 1.79. The molecule has 3 aromatic rings. The second kappa shape index (κ2) is 6.24. The number of ether oxygens (including phenoxy) is 1. The molecule has 0 unspecified atom stereocenters. The molecule has 0 saturated carbocycles. The van der Waals surface area contributed by atoms with E-state index in [4.69, 9.17) is 4.74 Å². The first-order chi connectivity index (χ1) is 10.2. The van der Waals surface area contributed by atoms with Crippen molar-refractivity contribution < 1.29 is 9.53 Å².